The molecule has 0 aliphatic carbocycles. The molecule has 0 spiro atoms. The monoisotopic (exact) mass is 291 g/mol. The Morgan fingerprint density at radius 2 is 2.00 bits per heavy atom. The molecule has 1 aromatic carbocycles. The minimum Gasteiger partial charge on any atom is -0.397 e. The molecule has 0 saturated carbocycles. The minimum atomic E-state index is -0.479. The van der Waals surface area contributed by atoms with Crippen molar-refractivity contribution in [3.05, 3.63) is 46.4 Å². The van der Waals surface area contributed by atoms with Crippen molar-refractivity contribution in [2.24, 2.45) is 0 Å². The van der Waals surface area contributed by atoms with Crippen molar-refractivity contribution in [2.45, 2.75) is 0 Å². The van der Waals surface area contributed by atoms with Crippen LogP contribution >= 0.6 is 15.9 Å². The fourth-order valence-electron chi connectivity index (χ4n) is 1.47. The Kier molecular flexibility index (Phi) is 3.07. The first-order chi connectivity index (χ1) is 8.15. The molecule has 0 bridgehead atoms. The van der Waals surface area contributed by atoms with Crippen LogP contribution in [0.5, 0.6) is 0 Å². The van der Waals surface area contributed by atoms with Gasteiger partial charge in [-0.3, -0.25) is 4.98 Å². The number of nitrogens with zero attached hydrogens (tertiary/aromatic N) is 2. The standard InChI is InChI=1S/C12H7BrFN3/c13-10-11(14)9(5-8(6-15)12(10)16)7-1-3-17-4-2-7/h1-5H,16H2. The highest BCUT2D eigenvalue weighted by molar-refractivity contribution is 9.10. The Morgan fingerprint density at radius 1 is 1.35 bits per heavy atom. The second-order valence-electron chi connectivity index (χ2n) is 3.36. The summed E-state index contributed by atoms with van der Waals surface area (Å²) in [5.41, 5.74) is 6.95. The van der Waals surface area contributed by atoms with Gasteiger partial charge < -0.3 is 5.73 Å². The molecule has 5 heteroatoms. The Labute approximate surface area is 106 Å². The maximum Gasteiger partial charge on any atom is 0.147 e. The molecule has 0 unspecified atom stereocenters. The topological polar surface area (TPSA) is 62.7 Å². The maximum absolute atomic E-state index is 14.0. The van der Waals surface area contributed by atoms with Crippen LogP contribution in [0.25, 0.3) is 11.1 Å². The van der Waals surface area contributed by atoms with Gasteiger partial charge in [0.25, 0.3) is 0 Å². The van der Waals surface area contributed by atoms with Gasteiger partial charge in [-0.15, -0.1) is 0 Å². The predicted octanol–water partition coefficient (Wildman–Crippen LogP) is 3.10. The normalized spacial score (nSPS) is 9.94. The maximum atomic E-state index is 14.0. The van der Waals surface area contributed by atoms with E-state index in [2.05, 4.69) is 20.9 Å². The zero-order valence-electron chi connectivity index (χ0n) is 8.61. The third-order valence-corrected chi connectivity index (χ3v) is 3.13. The molecule has 84 valence electrons. The number of nitrogens with two attached hydrogens (primary N) is 1. The molecule has 3 nitrogen and oxygen atoms in total. The van der Waals surface area contributed by atoms with Crippen molar-refractivity contribution in [1.29, 1.82) is 5.26 Å². The average Bonchev–Trinajstić information content (AvgIpc) is 2.37. The lowest BCUT2D eigenvalue weighted by atomic mass is 10.0. The molecule has 1 aromatic heterocycles. The molecule has 0 fully saturated rings. The first kappa shape index (κ1) is 11.6. The summed E-state index contributed by atoms with van der Waals surface area (Å²) in [5.74, 6) is -0.479. The van der Waals surface area contributed by atoms with E-state index in [4.69, 9.17) is 11.0 Å². The molecule has 17 heavy (non-hydrogen) atoms. The number of pyridine rings is 1. The summed E-state index contributed by atoms with van der Waals surface area (Å²) < 4.78 is 14.1. The third kappa shape index (κ3) is 1.99. The van der Waals surface area contributed by atoms with Gasteiger partial charge in [0.1, 0.15) is 11.9 Å². The fourth-order valence-corrected chi connectivity index (χ4v) is 1.90. The number of nitriles is 1. The van der Waals surface area contributed by atoms with E-state index in [0.717, 1.165) is 0 Å². The van der Waals surface area contributed by atoms with Gasteiger partial charge in [-0.2, -0.15) is 5.26 Å². The second kappa shape index (κ2) is 4.52. The molecule has 0 atom stereocenters. The molecule has 0 aliphatic heterocycles. The van der Waals surface area contributed by atoms with Gasteiger partial charge in [-0.1, -0.05) is 0 Å². The Hall–Kier alpha value is -1.93. The molecule has 0 amide bonds. The van der Waals surface area contributed by atoms with E-state index in [9.17, 15) is 4.39 Å². The lowest BCUT2D eigenvalue weighted by Crippen LogP contribution is -1.97. The van der Waals surface area contributed by atoms with Crippen molar-refractivity contribution in [1.82, 2.24) is 4.98 Å². The van der Waals surface area contributed by atoms with E-state index in [0.29, 0.717) is 11.1 Å². The summed E-state index contributed by atoms with van der Waals surface area (Å²) in [6.45, 7) is 0. The van der Waals surface area contributed by atoms with Crippen molar-refractivity contribution in [3.63, 3.8) is 0 Å². The van der Waals surface area contributed by atoms with Crippen LogP contribution in [-0.4, -0.2) is 4.98 Å². The Bertz CT molecular complexity index is 605. The molecule has 2 rings (SSSR count). The van der Waals surface area contributed by atoms with Crippen LogP contribution in [0.4, 0.5) is 10.1 Å². The zero-order chi connectivity index (χ0) is 12.4. The number of aromatic nitrogens is 1. The van der Waals surface area contributed by atoms with Crippen molar-refractivity contribution < 1.29 is 4.39 Å². The SMILES string of the molecule is N#Cc1cc(-c2ccncc2)c(F)c(Br)c1N. The average molecular weight is 292 g/mol. The number of benzene rings is 1. The highest BCUT2D eigenvalue weighted by Gasteiger charge is 2.15. The molecule has 0 radical (unpaired) electrons. The molecule has 0 aliphatic rings. The van der Waals surface area contributed by atoms with E-state index in [1.165, 1.54) is 6.07 Å². The second-order valence-corrected chi connectivity index (χ2v) is 4.15. The van der Waals surface area contributed by atoms with Crippen molar-refractivity contribution in [3.8, 4) is 17.2 Å². The first-order valence-corrected chi connectivity index (χ1v) is 5.52. The Balaban J connectivity index is 2.72. The van der Waals surface area contributed by atoms with Crippen LogP contribution in [0.2, 0.25) is 0 Å². The lowest BCUT2D eigenvalue weighted by Gasteiger charge is -2.08. The van der Waals surface area contributed by atoms with E-state index >= 15 is 0 Å². The summed E-state index contributed by atoms with van der Waals surface area (Å²) in [5, 5.41) is 8.92. The van der Waals surface area contributed by atoms with Crippen LogP contribution in [0.1, 0.15) is 5.56 Å². The summed E-state index contributed by atoms with van der Waals surface area (Å²) in [6, 6.07) is 6.71. The van der Waals surface area contributed by atoms with Crippen LogP contribution < -0.4 is 5.73 Å². The minimum absolute atomic E-state index is 0.114. The van der Waals surface area contributed by atoms with E-state index in [1.807, 2.05) is 6.07 Å². The third-order valence-electron chi connectivity index (χ3n) is 2.36. The fraction of sp³-hybridized carbons (Fsp3) is 0. The summed E-state index contributed by atoms with van der Waals surface area (Å²) in [6.07, 6.45) is 3.12. The van der Waals surface area contributed by atoms with Crippen molar-refractivity contribution >= 4 is 21.6 Å². The molecule has 1 heterocycles. The lowest BCUT2D eigenvalue weighted by molar-refractivity contribution is 0.625. The summed E-state index contributed by atoms with van der Waals surface area (Å²) in [7, 11) is 0. The number of halogens is 2. The van der Waals surface area contributed by atoms with Gasteiger partial charge in [0.15, 0.2) is 0 Å². The van der Waals surface area contributed by atoms with E-state index in [1.54, 1.807) is 24.5 Å². The molecule has 2 N–H and O–H groups in total. The number of rotatable bonds is 1. The number of hydrogen-bond acceptors (Lipinski definition) is 3. The van der Waals surface area contributed by atoms with Gasteiger partial charge in [0.05, 0.1) is 15.7 Å². The molecule has 0 saturated heterocycles. The molecular formula is C12H7BrFN3. The number of nitrogen functional groups attached to an aromatic ring is 1. The largest absolute Gasteiger partial charge is 0.397 e. The first-order valence-electron chi connectivity index (χ1n) is 4.73. The van der Waals surface area contributed by atoms with Gasteiger partial charge >= 0.3 is 0 Å². The summed E-state index contributed by atoms with van der Waals surface area (Å²) >= 11 is 3.05. The highest BCUT2D eigenvalue weighted by atomic mass is 79.9. The van der Waals surface area contributed by atoms with E-state index in [-0.39, 0.29) is 15.7 Å². The van der Waals surface area contributed by atoms with E-state index < -0.39 is 5.82 Å². The quantitative estimate of drug-likeness (QED) is 0.821. The predicted molar refractivity (Wildman–Crippen MR) is 66.5 cm³/mol. The number of anilines is 1. The van der Waals surface area contributed by atoms with Crippen LogP contribution in [-0.2, 0) is 0 Å². The number of hydrogen-bond donors (Lipinski definition) is 1. The zero-order valence-corrected chi connectivity index (χ0v) is 10.2. The van der Waals surface area contributed by atoms with Crippen molar-refractivity contribution in [2.75, 3.05) is 5.73 Å². The smallest absolute Gasteiger partial charge is 0.147 e. The van der Waals surface area contributed by atoms with Gasteiger partial charge in [0.2, 0.25) is 0 Å². The van der Waals surface area contributed by atoms with Gasteiger partial charge in [-0.25, -0.2) is 4.39 Å². The Morgan fingerprint density at radius 3 is 2.59 bits per heavy atom. The van der Waals surface area contributed by atoms with Gasteiger partial charge in [0, 0.05) is 18.0 Å². The van der Waals surface area contributed by atoms with Crippen LogP contribution in [0.15, 0.2) is 35.1 Å². The highest BCUT2D eigenvalue weighted by Crippen LogP contribution is 2.34. The molecule has 2 aromatic rings. The molecular weight excluding hydrogens is 285 g/mol. The summed E-state index contributed by atoms with van der Waals surface area (Å²) in [4.78, 5) is 3.86. The van der Waals surface area contributed by atoms with Crippen LogP contribution in [0, 0.1) is 17.1 Å². The van der Waals surface area contributed by atoms with Gasteiger partial charge in [-0.05, 0) is 39.7 Å². The van der Waals surface area contributed by atoms with Crippen LogP contribution in [0.3, 0.4) is 0 Å².